The van der Waals surface area contributed by atoms with Gasteiger partial charge in [0.2, 0.25) is 5.91 Å². The van der Waals surface area contributed by atoms with Crippen molar-refractivity contribution in [1.82, 2.24) is 10.2 Å². The first kappa shape index (κ1) is 15.2. The molecule has 0 bridgehead atoms. The second-order valence-electron chi connectivity index (χ2n) is 5.21. The normalized spacial score (nSPS) is 17.6. The lowest BCUT2D eigenvalue weighted by Gasteiger charge is -2.17. The molecule has 0 aliphatic carbocycles. The first-order valence-corrected chi connectivity index (χ1v) is 7.05. The van der Waals surface area contributed by atoms with E-state index in [0.717, 1.165) is 12.0 Å². The van der Waals surface area contributed by atoms with E-state index in [1.165, 1.54) is 7.11 Å². The van der Waals surface area contributed by atoms with Crippen molar-refractivity contribution in [3.63, 3.8) is 0 Å². The lowest BCUT2D eigenvalue weighted by atomic mass is 10.1. The van der Waals surface area contributed by atoms with E-state index in [1.807, 2.05) is 24.3 Å². The van der Waals surface area contributed by atoms with Gasteiger partial charge in [-0.1, -0.05) is 12.1 Å². The third-order valence-corrected chi connectivity index (χ3v) is 3.63. The van der Waals surface area contributed by atoms with Crippen LogP contribution in [0.2, 0.25) is 0 Å². The molecule has 0 spiro atoms. The fourth-order valence-electron chi connectivity index (χ4n) is 2.49. The molecule has 1 aromatic rings. The zero-order valence-corrected chi connectivity index (χ0v) is 12.2. The molecule has 1 heterocycles. The van der Waals surface area contributed by atoms with Crippen LogP contribution in [-0.4, -0.2) is 43.1 Å². The maximum atomic E-state index is 12.2. The Kier molecular flexibility index (Phi) is 5.03. The van der Waals surface area contributed by atoms with Crippen LogP contribution >= 0.6 is 0 Å². The summed E-state index contributed by atoms with van der Waals surface area (Å²) in [6, 6.07) is 7.55. The van der Waals surface area contributed by atoms with E-state index < -0.39 is 6.09 Å². The van der Waals surface area contributed by atoms with Crippen molar-refractivity contribution in [1.29, 1.82) is 0 Å². The summed E-state index contributed by atoms with van der Waals surface area (Å²) >= 11 is 0. The summed E-state index contributed by atoms with van der Waals surface area (Å²) in [5, 5.41) is 2.72. The largest absolute Gasteiger partial charge is 0.453 e. The topological polar surface area (TPSA) is 84.7 Å². The summed E-state index contributed by atoms with van der Waals surface area (Å²) < 4.78 is 4.56. The number of nitrogens with zero attached hydrogens (tertiary/aromatic N) is 1. The average molecular weight is 291 g/mol. The number of hydrogen-bond acceptors (Lipinski definition) is 4. The second kappa shape index (κ2) is 6.97. The van der Waals surface area contributed by atoms with Crippen molar-refractivity contribution >= 4 is 17.7 Å². The number of carbonyl (C=O) groups is 2. The number of likely N-dealkylation sites (tertiary alicyclic amines) is 1. The van der Waals surface area contributed by atoms with Gasteiger partial charge in [-0.2, -0.15) is 0 Å². The van der Waals surface area contributed by atoms with Gasteiger partial charge >= 0.3 is 6.09 Å². The molecule has 1 saturated heterocycles. The van der Waals surface area contributed by atoms with Crippen molar-refractivity contribution in [2.75, 3.05) is 25.9 Å². The van der Waals surface area contributed by atoms with E-state index in [1.54, 1.807) is 4.90 Å². The molecule has 1 atom stereocenters. The fraction of sp³-hybridized carbons (Fsp3) is 0.467. The molecule has 0 aromatic heterocycles. The molecule has 0 saturated carbocycles. The highest BCUT2D eigenvalue weighted by atomic mass is 16.5. The minimum Gasteiger partial charge on any atom is -0.453 e. The van der Waals surface area contributed by atoms with E-state index in [9.17, 15) is 9.59 Å². The first-order chi connectivity index (χ1) is 10.1. The Morgan fingerprint density at radius 1 is 1.48 bits per heavy atom. The van der Waals surface area contributed by atoms with Gasteiger partial charge in [0.15, 0.2) is 0 Å². The number of benzene rings is 1. The van der Waals surface area contributed by atoms with Crippen LogP contribution in [0.5, 0.6) is 0 Å². The second-order valence-corrected chi connectivity index (χ2v) is 5.21. The molecule has 6 nitrogen and oxygen atoms in total. The van der Waals surface area contributed by atoms with E-state index in [2.05, 4.69) is 10.1 Å². The van der Waals surface area contributed by atoms with E-state index in [-0.39, 0.29) is 11.9 Å². The van der Waals surface area contributed by atoms with E-state index >= 15 is 0 Å². The predicted octanol–water partition coefficient (Wildman–Crippen LogP) is 1.16. The summed E-state index contributed by atoms with van der Waals surface area (Å²) in [7, 11) is 1.33. The Balaban J connectivity index is 1.78. The standard InChI is InChI=1S/C15H21N3O3/c1-21-15(20)17-13-7-8-18(10-13)14(19)6-5-11-3-2-4-12(16)9-11/h2-4,9,13H,5-8,10,16H2,1H3,(H,17,20). The van der Waals surface area contributed by atoms with Gasteiger partial charge in [0, 0.05) is 25.2 Å². The third-order valence-electron chi connectivity index (χ3n) is 3.63. The average Bonchev–Trinajstić information content (AvgIpc) is 2.93. The lowest BCUT2D eigenvalue weighted by molar-refractivity contribution is -0.130. The van der Waals surface area contributed by atoms with Crippen LogP contribution in [0.4, 0.5) is 10.5 Å². The molecule has 1 aliphatic rings. The van der Waals surface area contributed by atoms with Crippen LogP contribution in [0.3, 0.4) is 0 Å². The summed E-state index contributed by atoms with van der Waals surface area (Å²) in [5.74, 6) is 0.103. The number of aryl methyl sites for hydroxylation is 1. The summed E-state index contributed by atoms with van der Waals surface area (Å²) in [4.78, 5) is 25.1. The molecular weight excluding hydrogens is 270 g/mol. The Labute approximate surface area is 124 Å². The zero-order valence-electron chi connectivity index (χ0n) is 12.2. The molecule has 1 aromatic carbocycles. The highest BCUT2D eigenvalue weighted by Gasteiger charge is 2.27. The van der Waals surface area contributed by atoms with Gasteiger partial charge in [-0.05, 0) is 30.5 Å². The molecular formula is C15H21N3O3. The number of hydrogen-bond donors (Lipinski definition) is 2. The van der Waals surface area contributed by atoms with Crippen molar-refractivity contribution in [2.24, 2.45) is 0 Å². The number of alkyl carbamates (subject to hydrolysis) is 1. The van der Waals surface area contributed by atoms with Gasteiger partial charge < -0.3 is 20.7 Å². The van der Waals surface area contributed by atoms with Crippen LogP contribution < -0.4 is 11.1 Å². The number of carbonyl (C=O) groups excluding carboxylic acids is 2. The van der Waals surface area contributed by atoms with Crippen molar-refractivity contribution < 1.29 is 14.3 Å². The molecule has 1 unspecified atom stereocenters. The molecule has 1 fully saturated rings. The van der Waals surface area contributed by atoms with Gasteiger partial charge in [0.1, 0.15) is 0 Å². The van der Waals surface area contributed by atoms with Gasteiger partial charge in [-0.25, -0.2) is 4.79 Å². The maximum absolute atomic E-state index is 12.2. The van der Waals surface area contributed by atoms with Crippen LogP contribution in [0.1, 0.15) is 18.4 Å². The molecule has 1 aliphatic heterocycles. The highest BCUT2D eigenvalue weighted by molar-refractivity contribution is 5.77. The van der Waals surface area contributed by atoms with Crippen LogP contribution in [0.15, 0.2) is 24.3 Å². The third kappa shape index (κ3) is 4.37. The number of amides is 2. The Hall–Kier alpha value is -2.24. The highest BCUT2D eigenvalue weighted by Crippen LogP contribution is 2.13. The molecule has 3 N–H and O–H groups in total. The number of rotatable bonds is 4. The zero-order chi connectivity index (χ0) is 15.2. The Bertz CT molecular complexity index is 519. The van der Waals surface area contributed by atoms with Crippen molar-refractivity contribution in [2.45, 2.75) is 25.3 Å². The predicted molar refractivity (Wildman–Crippen MR) is 79.7 cm³/mol. The quantitative estimate of drug-likeness (QED) is 0.815. The van der Waals surface area contributed by atoms with E-state index in [0.29, 0.717) is 31.6 Å². The smallest absolute Gasteiger partial charge is 0.407 e. The number of nitrogen functional groups attached to an aromatic ring is 1. The minimum absolute atomic E-state index is 0.0197. The lowest BCUT2D eigenvalue weighted by Crippen LogP contribution is -2.38. The SMILES string of the molecule is COC(=O)NC1CCN(C(=O)CCc2cccc(N)c2)C1. The van der Waals surface area contributed by atoms with Gasteiger partial charge in [-0.3, -0.25) is 4.79 Å². The number of nitrogens with one attached hydrogen (secondary N) is 1. The van der Waals surface area contributed by atoms with Crippen LogP contribution in [0, 0.1) is 0 Å². The number of nitrogens with two attached hydrogens (primary N) is 1. The number of methoxy groups -OCH3 is 1. The molecule has 2 rings (SSSR count). The van der Waals surface area contributed by atoms with Gasteiger partial charge in [0.25, 0.3) is 0 Å². The fourth-order valence-corrected chi connectivity index (χ4v) is 2.49. The maximum Gasteiger partial charge on any atom is 0.407 e. The van der Waals surface area contributed by atoms with Crippen molar-refractivity contribution in [3.05, 3.63) is 29.8 Å². The first-order valence-electron chi connectivity index (χ1n) is 7.05. The Morgan fingerprint density at radius 3 is 3.00 bits per heavy atom. The minimum atomic E-state index is -0.450. The molecule has 114 valence electrons. The molecule has 21 heavy (non-hydrogen) atoms. The molecule has 6 heteroatoms. The number of anilines is 1. The number of ether oxygens (including phenoxy) is 1. The monoisotopic (exact) mass is 291 g/mol. The van der Waals surface area contributed by atoms with E-state index in [4.69, 9.17) is 5.73 Å². The summed E-state index contributed by atoms with van der Waals surface area (Å²) in [6.07, 6.45) is 1.44. The van der Waals surface area contributed by atoms with Gasteiger partial charge in [-0.15, -0.1) is 0 Å². The summed E-state index contributed by atoms with van der Waals surface area (Å²) in [5.41, 5.74) is 7.49. The summed E-state index contributed by atoms with van der Waals surface area (Å²) in [6.45, 7) is 1.22. The van der Waals surface area contributed by atoms with Crippen molar-refractivity contribution in [3.8, 4) is 0 Å². The molecule has 2 amide bonds. The molecule has 0 radical (unpaired) electrons. The van der Waals surface area contributed by atoms with Crippen LogP contribution in [0.25, 0.3) is 0 Å². The van der Waals surface area contributed by atoms with Crippen LogP contribution in [-0.2, 0) is 16.0 Å². The van der Waals surface area contributed by atoms with Gasteiger partial charge in [0.05, 0.1) is 13.2 Å². The Morgan fingerprint density at radius 2 is 2.29 bits per heavy atom.